The van der Waals surface area contributed by atoms with Crippen molar-refractivity contribution in [2.75, 3.05) is 18.4 Å². The highest BCUT2D eigenvalue weighted by Crippen LogP contribution is 2.27. The maximum absolute atomic E-state index is 12.8. The molecule has 0 aliphatic carbocycles. The van der Waals surface area contributed by atoms with Crippen LogP contribution in [0.3, 0.4) is 0 Å². The molecule has 1 fully saturated rings. The van der Waals surface area contributed by atoms with Crippen LogP contribution in [0.2, 0.25) is 0 Å². The predicted molar refractivity (Wildman–Crippen MR) is 111 cm³/mol. The molecule has 7 nitrogen and oxygen atoms in total. The van der Waals surface area contributed by atoms with Gasteiger partial charge in [-0.1, -0.05) is 18.2 Å². The highest BCUT2D eigenvalue weighted by atomic mass is 16.2. The summed E-state index contributed by atoms with van der Waals surface area (Å²) in [5, 5.41) is 3.15. The lowest BCUT2D eigenvalue weighted by Gasteiger charge is -2.32. The minimum atomic E-state index is 0.0705. The Bertz CT molecular complexity index is 987. The van der Waals surface area contributed by atoms with Crippen LogP contribution < -0.4 is 5.32 Å². The Balaban J connectivity index is 1.49. The molecule has 1 aliphatic rings. The lowest BCUT2D eigenvalue weighted by atomic mass is 9.94. The molecule has 29 heavy (non-hydrogen) atoms. The summed E-state index contributed by atoms with van der Waals surface area (Å²) >= 11 is 0. The molecule has 148 valence electrons. The van der Waals surface area contributed by atoms with E-state index >= 15 is 0 Å². The second kappa shape index (κ2) is 8.34. The summed E-state index contributed by atoms with van der Waals surface area (Å²) in [5.41, 5.74) is 3.39. The number of aromatic nitrogens is 4. The lowest BCUT2D eigenvalue weighted by molar-refractivity contribution is 0.0706. The fourth-order valence-corrected chi connectivity index (χ4v) is 3.70. The zero-order valence-corrected chi connectivity index (χ0v) is 16.7. The molecule has 1 aromatic carbocycles. The van der Waals surface area contributed by atoms with Gasteiger partial charge in [-0.25, -0.2) is 15.0 Å². The molecule has 1 aliphatic heterocycles. The molecule has 3 aromatic rings. The number of piperidine rings is 1. The van der Waals surface area contributed by atoms with Gasteiger partial charge < -0.3 is 10.2 Å². The summed E-state index contributed by atoms with van der Waals surface area (Å²) in [6.07, 6.45) is 5.38. The van der Waals surface area contributed by atoms with E-state index in [2.05, 4.69) is 20.3 Å². The topological polar surface area (TPSA) is 83.9 Å². The smallest absolute Gasteiger partial charge is 0.253 e. The molecule has 4 rings (SSSR count). The zero-order valence-electron chi connectivity index (χ0n) is 16.7. The Hall–Kier alpha value is -3.35. The number of anilines is 2. The molecule has 7 heteroatoms. The van der Waals surface area contributed by atoms with Crippen molar-refractivity contribution in [1.29, 1.82) is 0 Å². The summed E-state index contributed by atoms with van der Waals surface area (Å²) in [6, 6.07) is 11.4. The first-order valence-corrected chi connectivity index (χ1v) is 9.84. The molecule has 0 spiro atoms. The van der Waals surface area contributed by atoms with Gasteiger partial charge in [0, 0.05) is 42.2 Å². The molecule has 0 radical (unpaired) electrons. The molecule has 3 heterocycles. The van der Waals surface area contributed by atoms with Gasteiger partial charge in [-0.15, -0.1) is 0 Å². The van der Waals surface area contributed by atoms with E-state index in [1.54, 1.807) is 12.4 Å². The first-order chi connectivity index (χ1) is 14.1. The van der Waals surface area contributed by atoms with Crippen molar-refractivity contribution in [2.24, 2.45) is 0 Å². The third-order valence-corrected chi connectivity index (χ3v) is 5.02. The van der Waals surface area contributed by atoms with Gasteiger partial charge in [0.15, 0.2) is 5.82 Å². The van der Waals surface area contributed by atoms with E-state index in [-0.39, 0.29) is 11.8 Å². The van der Waals surface area contributed by atoms with Crippen LogP contribution in [0.15, 0.2) is 48.8 Å². The summed E-state index contributed by atoms with van der Waals surface area (Å²) in [7, 11) is 0. The Morgan fingerprint density at radius 1 is 1.07 bits per heavy atom. The van der Waals surface area contributed by atoms with Crippen molar-refractivity contribution in [3.05, 3.63) is 71.4 Å². The number of rotatable bonds is 4. The first kappa shape index (κ1) is 19.0. The minimum absolute atomic E-state index is 0.0705. The third kappa shape index (κ3) is 4.56. The first-order valence-electron chi connectivity index (χ1n) is 9.84. The number of likely N-dealkylation sites (tertiary alicyclic amines) is 1. The molecular formula is C22H24N6O. The fraction of sp³-hybridized carbons (Fsp3) is 0.318. The van der Waals surface area contributed by atoms with Crippen LogP contribution in [-0.4, -0.2) is 43.8 Å². The van der Waals surface area contributed by atoms with Crippen LogP contribution in [0, 0.1) is 13.8 Å². The number of aryl methyl sites for hydroxylation is 2. The largest absolute Gasteiger partial charge is 0.338 e. The number of carbonyl (C=O) groups is 1. The molecule has 0 bridgehead atoms. The normalized spacial score (nSPS) is 16.5. The van der Waals surface area contributed by atoms with Gasteiger partial charge in [-0.05, 0) is 44.9 Å². The van der Waals surface area contributed by atoms with Gasteiger partial charge in [0.25, 0.3) is 5.91 Å². The monoisotopic (exact) mass is 388 g/mol. The van der Waals surface area contributed by atoms with Crippen molar-refractivity contribution in [2.45, 2.75) is 32.6 Å². The van der Waals surface area contributed by atoms with Gasteiger partial charge >= 0.3 is 0 Å². The van der Waals surface area contributed by atoms with Crippen molar-refractivity contribution >= 4 is 17.7 Å². The number of amides is 1. The van der Waals surface area contributed by atoms with Gasteiger partial charge in [0.05, 0.1) is 11.9 Å². The van der Waals surface area contributed by atoms with Crippen LogP contribution in [-0.2, 0) is 0 Å². The molecule has 1 N–H and O–H groups in total. The van der Waals surface area contributed by atoms with Gasteiger partial charge in [-0.3, -0.25) is 9.78 Å². The Morgan fingerprint density at radius 2 is 1.83 bits per heavy atom. The Labute approximate surface area is 170 Å². The van der Waals surface area contributed by atoms with E-state index < -0.39 is 0 Å². The van der Waals surface area contributed by atoms with Crippen LogP contribution in [0.5, 0.6) is 0 Å². The van der Waals surface area contributed by atoms with Crippen molar-refractivity contribution in [1.82, 2.24) is 24.8 Å². The predicted octanol–water partition coefficient (Wildman–Crippen LogP) is 3.65. The number of hydrogen-bond acceptors (Lipinski definition) is 6. The summed E-state index contributed by atoms with van der Waals surface area (Å²) in [4.78, 5) is 32.6. The summed E-state index contributed by atoms with van der Waals surface area (Å²) < 4.78 is 0. The Kier molecular flexibility index (Phi) is 5.46. The molecular weight excluding hydrogens is 364 g/mol. The van der Waals surface area contributed by atoms with Crippen molar-refractivity contribution < 1.29 is 4.79 Å². The van der Waals surface area contributed by atoms with Crippen LogP contribution >= 0.6 is 0 Å². The van der Waals surface area contributed by atoms with Gasteiger partial charge in [0.2, 0.25) is 5.95 Å². The minimum Gasteiger partial charge on any atom is -0.338 e. The molecule has 1 atom stereocenters. The standard InChI is InChI=1S/C22H24N6O/c1-15-11-16(2)25-22(24-15)27-20-13-23-12-19(26-20)18-9-6-10-28(14-18)21(29)17-7-4-3-5-8-17/h3-5,7-8,11-13,18H,6,9-10,14H2,1-2H3,(H,24,25,26,27). The highest BCUT2D eigenvalue weighted by Gasteiger charge is 2.26. The fourth-order valence-electron chi connectivity index (χ4n) is 3.70. The maximum Gasteiger partial charge on any atom is 0.253 e. The van der Waals surface area contributed by atoms with Crippen LogP contribution in [0.4, 0.5) is 11.8 Å². The molecule has 1 unspecified atom stereocenters. The molecule has 0 saturated carbocycles. The third-order valence-electron chi connectivity index (χ3n) is 5.02. The van der Waals surface area contributed by atoms with Crippen molar-refractivity contribution in [3.63, 3.8) is 0 Å². The van der Waals surface area contributed by atoms with E-state index in [0.717, 1.165) is 42.0 Å². The second-order valence-electron chi connectivity index (χ2n) is 7.38. The number of benzene rings is 1. The zero-order chi connectivity index (χ0) is 20.2. The van der Waals surface area contributed by atoms with E-state index in [0.29, 0.717) is 18.3 Å². The molecule has 1 saturated heterocycles. The average Bonchev–Trinajstić information content (AvgIpc) is 2.73. The van der Waals surface area contributed by atoms with Gasteiger partial charge in [-0.2, -0.15) is 0 Å². The quantitative estimate of drug-likeness (QED) is 0.734. The highest BCUT2D eigenvalue weighted by molar-refractivity contribution is 5.94. The average molecular weight is 388 g/mol. The van der Waals surface area contributed by atoms with Crippen LogP contribution in [0.25, 0.3) is 0 Å². The number of nitrogens with zero attached hydrogens (tertiary/aromatic N) is 5. The van der Waals surface area contributed by atoms with E-state index in [4.69, 9.17) is 4.98 Å². The van der Waals surface area contributed by atoms with E-state index in [9.17, 15) is 4.79 Å². The van der Waals surface area contributed by atoms with Crippen molar-refractivity contribution in [3.8, 4) is 0 Å². The summed E-state index contributed by atoms with van der Waals surface area (Å²) in [6.45, 7) is 5.28. The Morgan fingerprint density at radius 3 is 2.59 bits per heavy atom. The van der Waals surface area contributed by atoms with Crippen LogP contribution in [0.1, 0.15) is 46.2 Å². The van der Waals surface area contributed by atoms with E-state index in [1.807, 2.05) is 55.1 Å². The number of hydrogen-bond donors (Lipinski definition) is 1. The number of nitrogens with one attached hydrogen (secondary N) is 1. The second-order valence-corrected chi connectivity index (χ2v) is 7.38. The van der Waals surface area contributed by atoms with E-state index in [1.165, 1.54) is 0 Å². The number of carbonyl (C=O) groups excluding carboxylic acids is 1. The van der Waals surface area contributed by atoms with Gasteiger partial charge in [0.1, 0.15) is 0 Å². The maximum atomic E-state index is 12.8. The lowest BCUT2D eigenvalue weighted by Crippen LogP contribution is -2.39. The molecule has 1 amide bonds. The SMILES string of the molecule is Cc1cc(C)nc(Nc2cncc(C3CCCN(C(=O)c4ccccc4)C3)n2)n1. The summed E-state index contributed by atoms with van der Waals surface area (Å²) in [5.74, 6) is 1.35. The molecule has 2 aromatic heterocycles.